The zero-order valence-corrected chi connectivity index (χ0v) is 19.6. The number of nitriles is 1. The summed E-state index contributed by atoms with van der Waals surface area (Å²) < 4.78 is 28.7. The lowest BCUT2D eigenvalue weighted by molar-refractivity contribution is -0.0221. The van der Waals surface area contributed by atoms with Crippen LogP contribution in [0.3, 0.4) is 0 Å². The zero-order chi connectivity index (χ0) is 25.5. The molecule has 0 aliphatic carbocycles. The predicted octanol–water partition coefficient (Wildman–Crippen LogP) is 4.03. The number of aromatic nitrogens is 3. The maximum absolute atomic E-state index is 13.7. The minimum atomic E-state index is -2.80. The van der Waals surface area contributed by atoms with Gasteiger partial charge in [0.2, 0.25) is 0 Å². The van der Waals surface area contributed by atoms with Gasteiger partial charge >= 0.3 is 5.97 Å². The highest BCUT2D eigenvalue weighted by molar-refractivity contribution is 6.29. The number of nitrogens with one attached hydrogen (secondary N) is 1. The predicted molar refractivity (Wildman–Crippen MR) is 126 cm³/mol. The summed E-state index contributed by atoms with van der Waals surface area (Å²) in [6, 6.07) is 6.04. The number of carboxylic acids is 1. The van der Waals surface area contributed by atoms with Crippen molar-refractivity contribution in [2.45, 2.75) is 38.7 Å². The molecule has 1 unspecified atom stereocenters. The van der Waals surface area contributed by atoms with Crippen LogP contribution in [0.15, 0.2) is 29.2 Å². The smallest absolute Gasteiger partial charge is 0.356 e. The number of halogens is 3. The molecule has 4 heterocycles. The van der Waals surface area contributed by atoms with Gasteiger partial charge in [-0.3, -0.25) is 9.20 Å². The normalized spacial score (nSPS) is 16.1. The molecule has 0 amide bonds. The summed E-state index contributed by atoms with van der Waals surface area (Å²) in [6.45, 7) is 3.43. The summed E-state index contributed by atoms with van der Waals surface area (Å²) in [7, 11) is 0. The number of pyridine rings is 2. The van der Waals surface area contributed by atoms with E-state index in [1.54, 1.807) is 26.1 Å². The van der Waals surface area contributed by atoms with Crippen LogP contribution >= 0.6 is 11.6 Å². The number of alkyl halides is 2. The van der Waals surface area contributed by atoms with E-state index < -0.39 is 36.3 Å². The van der Waals surface area contributed by atoms with Crippen LogP contribution in [0, 0.1) is 18.3 Å². The van der Waals surface area contributed by atoms with Gasteiger partial charge in [-0.05, 0) is 37.6 Å². The third-order valence-corrected chi connectivity index (χ3v) is 6.09. The summed E-state index contributed by atoms with van der Waals surface area (Å²) in [5.74, 6) is -4.01. The van der Waals surface area contributed by atoms with Gasteiger partial charge in [0, 0.05) is 37.7 Å². The average Bonchev–Trinajstić information content (AvgIpc) is 2.80. The number of anilines is 2. The Morgan fingerprint density at radius 2 is 2.00 bits per heavy atom. The van der Waals surface area contributed by atoms with Gasteiger partial charge in [0.05, 0.1) is 11.7 Å². The van der Waals surface area contributed by atoms with E-state index >= 15 is 0 Å². The third-order valence-electron chi connectivity index (χ3n) is 5.88. The Balaban J connectivity index is 1.83. The molecule has 3 aromatic rings. The first-order valence-electron chi connectivity index (χ1n) is 10.8. The van der Waals surface area contributed by atoms with Crippen molar-refractivity contribution in [3.63, 3.8) is 0 Å². The highest BCUT2D eigenvalue weighted by Crippen LogP contribution is 2.32. The molecule has 182 valence electrons. The van der Waals surface area contributed by atoms with Crippen LogP contribution in [-0.2, 0) is 0 Å². The fraction of sp³-hybridized carbons (Fsp3) is 0.348. The van der Waals surface area contributed by atoms with Crippen molar-refractivity contribution in [3.8, 4) is 6.07 Å². The van der Waals surface area contributed by atoms with Crippen LogP contribution in [0.4, 0.5) is 20.3 Å². The molecular weight excluding hydrogens is 482 g/mol. The van der Waals surface area contributed by atoms with E-state index in [1.165, 1.54) is 21.4 Å². The number of aryl methyl sites for hydroxylation is 1. The molecule has 2 N–H and O–H groups in total. The molecule has 3 aromatic heterocycles. The van der Waals surface area contributed by atoms with E-state index in [0.717, 1.165) is 0 Å². The molecule has 35 heavy (non-hydrogen) atoms. The van der Waals surface area contributed by atoms with E-state index in [4.69, 9.17) is 11.6 Å². The number of carbonyl (C=O) groups is 1. The van der Waals surface area contributed by atoms with Crippen LogP contribution in [0.2, 0.25) is 5.15 Å². The topological polar surface area (TPSA) is 124 Å². The number of hydrogen-bond donors (Lipinski definition) is 2. The number of nitrogens with zero attached hydrogens (tertiary/aromatic N) is 5. The standard InChI is InChI=1S/C23H21ClF2N6O3/c1-12-9-14(13(2)28-16-3-4-17(24)29-18(16)22(34)35)20-30-19(15(10-27)21(33)32(20)11-12)31-7-5-23(25,26)6-8-31/h3-4,9,11,13,28H,5-8H2,1-2H3,(H,34,35). The van der Waals surface area contributed by atoms with Crippen molar-refractivity contribution in [2.24, 2.45) is 0 Å². The van der Waals surface area contributed by atoms with Crippen molar-refractivity contribution in [1.29, 1.82) is 5.26 Å². The van der Waals surface area contributed by atoms with Gasteiger partial charge in [0.1, 0.15) is 16.9 Å². The van der Waals surface area contributed by atoms with E-state index in [9.17, 15) is 28.7 Å². The molecule has 0 spiro atoms. The minimum absolute atomic E-state index is 0.0237. The molecule has 4 rings (SSSR count). The van der Waals surface area contributed by atoms with Crippen molar-refractivity contribution in [1.82, 2.24) is 14.4 Å². The van der Waals surface area contributed by atoms with Crippen molar-refractivity contribution in [3.05, 3.63) is 62.3 Å². The lowest BCUT2D eigenvalue weighted by Gasteiger charge is -2.33. The second-order valence-corrected chi connectivity index (χ2v) is 8.83. The van der Waals surface area contributed by atoms with Gasteiger partial charge in [-0.2, -0.15) is 5.26 Å². The molecule has 1 aliphatic heterocycles. The van der Waals surface area contributed by atoms with Gasteiger partial charge in [0.15, 0.2) is 17.1 Å². The lowest BCUT2D eigenvalue weighted by atomic mass is 10.1. The van der Waals surface area contributed by atoms with E-state index in [0.29, 0.717) is 11.1 Å². The number of piperidine rings is 1. The SMILES string of the molecule is Cc1cc(C(C)Nc2ccc(Cl)nc2C(=O)O)c2nc(N3CCC(F)(F)CC3)c(C#N)c(=O)n2c1. The van der Waals surface area contributed by atoms with Crippen molar-refractivity contribution < 1.29 is 18.7 Å². The first-order chi connectivity index (χ1) is 16.5. The molecule has 9 nitrogen and oxygen atoms in total. The molecule has 12 heteroatoms. The van der Waals surface area contributed by atoms with Crippen LogP contribution < -0.4 is 15.8 Å². The molecule has 1 aliphatic rings. The minimum Gasteiger partial charge on any atom is -0.476 e. The molecule has 0 radical (unpaired) electrons. The van der Waals surface area contributed by atoms with E-state index in [-0.39, 0.29) is 46.7 Å². The van der Waals surface area contributed by atoms with Crippen molar-refractivity contribution in [2.75, 3.05) is 23.3 Å². The summed E-state index contributed by atoms with van der Waals surface area (Å²) in [6.07, 6.45) is 0.737. The fourth-order valence-corrected chi connectivity index (χ4v) is 4.26. The lowest BCUT2D eigenvalue weighted by Crippen LogP contribution is -2.41. The van der Waals surface area contributed by atoms with Gasteiger partial charge in [-0.15, -0.1) is 0 Å². The first kappa shape index (κ1) is 24.3. The maximum atomic E-state index is 13.7. The Kier molecular flexibility index (Phi) is 6.34. The van der Waals surface area contributed by atoms with Crippen LogP contribution in [0.5, 0.6) is 0 Å². The van der Waals surface area contributed by atoms with Gasteiger partial charge in [-0.1, -0.05) is 11.6 Å². The molecular formula is C23H21ClF2N6O3. The molecule has 0 aromatic carbocycles. The monoisotopic (exact) mass is 502 g/mol. The quantitative estimate of drug-likeness (QED) is 0.501. The average molecular weight is 503 g/mol. The molecule has 0 bridgehead atoms. The molecule has 1 fully saturated rings. The van der Waals surface area contributed by atoms with Crippen LogP contribution in [-0.4, -0.2) is 44.5 Å². The van der Waals surface area contributed by atoms with Gasteiger partial charge in [0.25, 0.3) is 11.5 Å². The molecule has 0 saturated carbocycles. The first-order valence-corrected chi connectivity index (χ1v) is 11.1. The number of aromatic carboxylic acids is 1. The number of hydrogen-bond acceptors (Lipinski definition) is 7. The Morgan fingerprint density at radius 3 is 2.63 bits per heavy atom. The van der Waals surface area contributed by atoms with Crippen LogP contribution in [0.25, 0.3) is 5.65 Å². The number of fused-ring (bicyclic) bond motifs is 1. The molecule has 1 atom stereocenters. The second-order valence-electron chi connectivity index (χ2n) is 8.44. The Morgan fingerprint density at radius 1 is 1.31 bits per heavy atom. The van der Waals surface area contributed by atoms with Crippen molar-refractivity contribution >= 4 is 34.7 Å². The fourth-order valence-electron chi connectivity index (χ4n) is 4.11. The maximum Gasteiger partial charge on any atom is 0.356 e. The Hall–Kier alpha value is -3.78. The van der Waals surface area contributed by atoms with Gasteiger partial charge < -0.3 is 15.3 Å². The number of rotatable bonds is 5. The highest BCUT2D eigenvalue weighted by Gasteiger charge is 2.35. The van der Waals surface area contributed by atoms with Crippen LogP contribution in [0.1, 0.15) is 53.0 Å². The second kappa shape index (κ2) is 9.11. The third kappa shape index (κ3) is 4.74. The zero-order valence-electron chi connectivity index (χ0n) is 18.8. The van der Waals surface area contributed by atoms with Gasteiger partial charge in [-0.25, -0.2) is 23.5 Å². The summed E-state index contributed by atoms with van der Waals surface area (Å²) in [4.78, 5) is 34.8. The highest BCUT2D eigenvalue weighted by atomic mass is 35.5. The summed E-state index contributed by atoms with van der Waals surface area (Å²) in [5.41, 5.74) is 0.581. The Labute approximate surface area is 203 Å². The van der Waals surface area contributed by atoms with E-state index in [1.807, 2.05) is 6.07 Å². The number of carboxylic acid groups (broad SMARTS) is 1. The summed E-state index contributed by atoms with van der Waals surface area (Å²) >= 11 is 5.84. The largest absolute Gasteiger partial charge is 0.476 e. The molecule has 1 saturated heterocycles. The summed E-state index contributed by atoms with van der Waals surface area (Å²) in [5, 5.41) is 22.3. The Bertz CT molecular complexity index is 1430. The van der Waals surface area contributed by atoms with E-state index in [2.05, 4.69) is 15.3 Å².